The number of carbonyl (C=O) groups excluding carboxylic acids is 2. The van der Waals surface area contributed by atoms with Crippen molar-refractivity contribution < 1.29 is 19.5 Å². The summed E-state index contributed by atoms with van der Waals surface area (Å²) in [6, 6.07) is -0.537. The van der Waals surface area contributed by atoms with E-state index in [4.69, 9.17) is 5.11 Å². The van der Waals surface area contributed by atoms with E-state index in [-0.39, 0.29) is 18.5 Å². The first kappa shape index (κ1) is 17.0. The van der Waals surface area contributed by atoms with Gasteiger partial charge in [-0.15, -0.1) is 0 Å². The first-order chi connectivity index (χ1) is 8.93. The summed E-state index contributed by atoms with van der Waals surface area (Å²) in [5.41, 5.74) is 0. The highest BCUT2D eigenvalue weighted by Gasteiger charge is 2.02. The van der Waals surface area contributed by atoms with Crippen LogP contribution in [0.3, 0.4) is 0 Å². The molecule has 0 aromatic heterocycles. The zero-order valence-electron chi connectivity index (χ0n) is 11.4. The molecule has 0 aromatic rings. The smallest absolute Gasteiger partial charge is 0.316 e. The van der Waals surface area contributed by atoms with Crippen molar-refractivity contribution in [3.8, 4) is 0 Å². The third kappa shape index (κ3) is 10.9. The maximum Gasteiger partial charge on any atom is 0.316 e. The minimum absolute atomic E-state index is 0.111. The summed E-state index contributed by atoms with van der Waals surface area (Å²) >= 11 is 0. The molecule has 0 spiro atoms. The van der Waals surface area contributed by atoms with Gasteiger partial charge in [-0.1, -0.05) is 0 Å². The predicted molar refractivity (Wildman–Crippen MR) is 70.0 cm³/mol. The number of carboxylic acid groups (broad SMARTS) is 1. The molecule has 0 bridgehead atoms. The summed E-state index contributed by atoms with van der Waals surface area (Å²) in [5, 5.41) is 16.2. The molecular formula is C11H22N4O4. The van der Waals surface area contributed by atoms with Crippen molar-refractivity contribution in [3.05, 3.63) is 0 Å². The second-order valence-electron chi connectivity index (χ2n) is 4.16. The number of rotatable bonds is 8. The molecule has 0 atom stereocenters. The van der Waals surface area contributed by atoms with Crippen LogP contribution in [0.25, 0.3) is 0 Å². The van der Waals surface area contributed by atoms with Gasteiger partial charge in [0.15, 0.2) is 0 Å². The van der Waals surface area contributed by atoms with Crippen LogP contribution in [0.4, 0.5) is 9.59 Å². The highest BCUT2D eigenvalue weighted by molar-refractivity contribution is 5.74. The maximum absolute atomic E-state index is 11.3. The summed E-state index contributed by atoms with van der Waals surface area (Å²) < 4.78 is 0. The first-order valence-electron chi connectivity index (χ1n) is 6.12. The fourth-order valence-corrected chi connectivity index (χ4v) is 1.17. The normalized spacial score (nSPS) is 9.58. The van der Waals surface area contributed by atoms with Crippen LogP contribution in [-0.2, 0) is 4.79 Å². The van der Waals surface area contributed by atoms with E-state index in [0.717, 1.165) is 0 Å². The zero-order valence-corrected chi connectivity index (χ0v) is 11.4. The number of amides is 4. The van der Waals surface area contributed by atoms with Crippen LogP contribution in [0.1, 0.15) is 19.3 Å². The maximum atomic E-state index is 11.3. The Morgan fingerprint density at radius 1 is 0.947 bits per heavy atom. The van der Waals surface area contributed by atoms with Gasteiger partial charge in [-0.3, -0.25) is 4.79 Å². The van der Waals surface area contributed by atoms with Gasteiger partial charge in [-0.25, -0.2) is 9.59 Å². The van der Waals surface area contributed by atoms with E-state index >= 15 is 0 Å². The number of unbranched alkanes of at least 4 members (excludes halogenated alkanes) is 1. The Kier molecular flexibility index (Phi) is 8.94. The highest BCUT2D eigenvalue weighted by atomic mass is 16.4. The molecule has 0 rings (SSSR count). The first-order valence-corrected chi connectivity index (χ1v) is 6.12. The third-order valence-electron chi connectivity index (χ3n) is 2.20. The molecule has 0 radical (unpaired) electrons. The van der Waals surface area contributed by atoms with Crippen molar-refractivity contribution in [2.24, 2.45) is 0 Å². The molecule has 110 valence electrons. The molecule has 0 heterocycles. The van der Waals surface area contributed by atoms with E-state index in [2.05, 4.69) is 16.0 Å². The van der Waals surface area contributed by atoms with E-state index in [1.54, 1.807) is 14.1 Å². The van der Waals surface area contributed by atoms with Crippen molar-refractivity contribution in [1.29, 1.82) is 0 Å². The second kappa shape index (κ2) is 9.98. The fourth-order valence-electron chi connectivity index (χ4n) is 1.17. The van der Waals surface area contributed by atoms with Crippen LogP contribution in [0.15, 0.2) is 0 Å². The van der Waals surface area contributed by atoms with Crippen molar-refractivity contribution in [2.45, 2.75) is 19.3 Å². The number of nitrogens with zero attached hydrogens (tertiary/aromatic N) is 1. The van der Waals surface area contributed by atoms with Gasteiger partial charge < -0.3 is 26.0 Å². The largest absolute Gasteiger partial charge is 0.481 e. The van der Waals surface area contributed by atoms with E-state index in [1.807, 2.05) is 0 Å². The molecule has 0 aromatic carbocycles. The molecule has 4 N–H and O–H groups in total. The van der Waals surface area contributed by atoms with Crippen molar-refractivity contribution in [2.75, 3.05) is 33.7 Å². The summed E-state index contributed by atoms with van der Waals surface area (Å²) in [6.07, 6.45) is 1.27. The lowest BCUT2D eigenvalue weighted by atomic mass is 10.2. The van der Waals surface area contributed by atoms with Crippen LogP contribution >= 0.6 is 0 Å². The van der Waals surface area contributed by atoms with Crippen molar-refractivity contribution >= 4 is 18.0 Å². The number of hydrogen-bond acceptors (Lipinski definition) is 3. The highest BCUT2D eigenvalue weighted by Crippen LogP contribution is 1.92. The van der Waals surface area contributed by atoms with Crippen molar-refractivity contribution in [3.63, 3.8) is 0 Å². The molecule has 0 fully saturated rings. The summed E-state index contributed by atoms with van der Waals surface area (Å²) in [7, 11) is 3.26. The minimum atomic E-state index is -0.832. The van der Waals surface area contributed by atoms with Gasteiger partial charge in [-0.2, -0.15) is 0 Å². The fraction of sp³-hybridized carbons (Fsp3) is 0.727. The minimum Gasteiger partial charge on any atom is -0.481 e. The van der Waals surface area contributed by atoms with Gasteiger partial charge in [0.05, 0.1) is 0 Å². The Morgan fingerprint density at radius 2 is 1.53 bits per heavy atom. The van der Waals surface area contributed by atoms with Crippen LogP contribution in [0.2, 0.25) is 0 Å². The van der Waals surface area contributed by atoms with Crippen LogP contribution in [0, 0.1) is 0 Å². The number of hydrogen-bond donors (Lipinski definition) is 4. The molecule has 0 aliphatic rings. The van der Waals surface area contributed by atoms with Gasteiger partial charge in [0.2, 0.25) is 0 Å². The van der Waals surface area contributed by atoms with E-state index in [0.29, 0.717) is 32.5 Å². The predicted octanol–water partition coefficient (Wildman–Crippen LogP) is -0.188. The average molecular weight is 274 g/mol. The summed E-state index contributed by atoms with van der Waals surface area (Å²) in [4.78, 5) is 34.0. The van der Waals surface area contributed by atoms with E-state index in [9.17, 15) is 14.4 Å². The van der Waals surface area contributed by atoms with Crippen LogP contribution in [0.5, 0.6) is 0 Å². The van der Waals surface area contributed by atoms with Gasteiger partial charge in [0.1, 0.15) is 0 Å². The molecular weight excluding hydrogens is 252 g/mol. The second-order valence-corrected chi connectivity index (χ2v) is 4.16. The number of aliphatic carboxylic acids is 1. The molecule has 0 saturated heterocycles. The Hall–Kier alpha value is -1.99. The lowest BCUT2D eigenvalue weighted by Gasteiger charge is -2.12. The Morgan fingerprint density at radius 3 is 2.11 bits per heavy atom. The molecule has 0 unspecified atom stereocenters. The summed E-state index contributed by atoms with van der Waals surface area (Å²) in [5.74, 6) is -0.832. The lowest BCUT2D eigenvalue weighted by Crippen LogP contribution is -2.42. The Balaban J connectivity index is 3.40. The molecule has 0 aliphatic carbocycles. The topological polar surface area (TPSA) is 111 Å². The number of urea groups is 2. The van der Waals surface area contributed by atoms with Gasteiger partial charge in [-0.05, 0) is 12.8 Å². The Labute approximate surface area is 112 Å². The van der Waals surface area contributed by atoms with Gasteiger partial charge >= 0.3 is 18.0 Å². The van der Waals surface area contributed by atoms with Crippen molar-refractivity contribution in [1.82, 2.24) is 20.9 Å². The lowest BCUT2D eigenvalue weighted by molar-refractivity contribution is -0.137. The molecule has 8 nitrogen and oxygen atoms in total. The number of carboxylic acids is 1. The van der Waals surface area contributed by atoms with E-state index in [1.165, 1.54) is 4.90 Å². The molecule has 8 heteroatoms. The van der Waals surface area contributed by atoms with Gasteiger partial charge in [0.25, 0.3) is 0 Å². The Bertz CT molecular complexity index is 307. The average Bonchev–Trinajstić information content (AvgIpc) is 2.33. The molecule has 4 amide bonds. The number of carbonyl (C=O) groups is 3. The van der Waals surface area contributed by atoms with Crippen LogP contribution < -0.4 is 16.0 Å². The standard InChI is InChI=1S/C11H22N4O4/c1-15(2)11(19)14-8-7-13-10(18)12-6-4-3-5-9(16)17/h3-8H2,1-2H3,(H,14,19)(H,16,17)(H2,12,13,18). The number of nitrogens with one attached hydrogen (secondary N) is 3. The van der Waals surface area contributed by atoms with E-state index < -0.39 is 5.97 Å². The molecule has 0 aliphatic heterocycles. The SMILES string of the molecule is CN(C)C(=O)NCCNC(=O)NCCCCC(=O)O. The van der Waals surface area contributed by atoms with Crippen LogP contribution in [-0.4, -0.2) is 61.8 Å². The molecule has 0 saturated carbocycles. The van der Waals surface area contributed by atoms with Gasteiger partial charge in [0, 0.05) is 40.2 Å². The summed E-state index contributed by atoms with van der Waals surface area (Å²) in [6.45, 7) is 1.12. The zero-order chi connectivity index (χ0) is 14.7. The quantitative estimate of drug-likeness (QED) is 0.460. The third-order valence-corrected chi connectivity index (χ3v) is 2.20. The monoisotopic (exact) mass is 274 g/mol. The molecule has 19 heavy (non-hydrogen) atoms.